The number of pyridine rings is 1. The number of alkyl halides is 3. The number of imidazole rings is 1. The number of nitrogens with zero attached hydrogens (tertiary/aromatic N) is 6. The maximum absolute atomic E-state index is 14.2. The van der Waals surface area contributed by atoms with Crippen molar-refractivity contribution in [1.82, 2.24) is 28.6 Å². The number of hydrogen-bond acceptors (Lipinski definition) is 4. The van der Waals surface area contributed by atoms with Crippen LogP contribution in [-0.2, 0) is 19.8 Å². The van der Waals surface area contributed by atoms with Crippen molar-refractivity contribution in [2.24, 2.45) is 13.0 Å². The predicted molar refractivity (Wildman–Crippen MR) is 137 cm³/mol. The number of aryl methyl sites for hydroxylation is 1. The second kappa shape index (κ2) is 9.41. The zero-order chi connectivity index (χ0) is 26.6. The van der Waals surface area contributed by atoms with E-state index in [2.05, 4.69) is 22.0 Å². The lowest BCUT2D eigenvalue weighted by molar-refractivity contribution is -0.136. The van der Waals surface area contributed by atoms with Crippen LogP contribution in [0.1, 0.15) is 67.5 Å². The van der Waals surface area contributed by atoms with E-state index in [0.717, 1.165) is 54.4 Å². The molecule has 1 saturated heterocycles. The average molecular weight is 525 g/mol. The van der Waals surface area contributed by atoms with Gasteiger partial charge in [0.05, 0.1) is 16.8 Å². The second-order valence-electron chi connectivity index (χ2n) is 10.8. The van der Waals surface area contributed by atoms with Crippen molar-refractivity contribution in [3.05, 3.63) is 82.1 Å². The molecule has 38 heavy (non-hydrogen) atoms. The lowest BCUT2D eigenvalue weighted by Crippen LogP contribution is -2.27. The number of hydrogen-bond donors (Lipinski definition) is 0. The molecule has 0 unspecified atom stereocenters. The molecule has 0 amide bonds. The van der Waals surface area contributed by atoms with Crippen molar-refractivity contribution in [1.29, 1.82) is 0 Å². The molecule has 200 valence electrons. The molecule has 2 fully saturated rings. The fraction of sp³-hybridized carbons (Fsp3) is 0.464. The Balaban J connectivity index is 1.44. The number of fused-ring (bicyclic) bond motifs is 1. The fourth-order valence-corrected chi connectivity index (χ4v) is 6.05. The molecule has 0 spiro atoms. The molecule has 3 aromatic heterocycles. The van der Waals surface area contributed by atoms with E-state index in [0.29, 0.717) is 29.8 Å². The van der Waals surface area contributed by atoms with Crippen LogP contribution in [0.3, 0.4) is 0 Å². The van der Waals surface area contributed by atoms with Gasteiger partial charge in [-0.25, -0.2) is 4.79 Å². The van der Waals surface area contributed by atoms with E-state index in [1.165, 1.54) is 16.8 Å². The normalized spacial score (nSPS) is 19.8. The summed E-state index contributed by atoms with van der Waals surface area (Å²) in [6, 6.07) is 9.02. The van der Waals surface area contributed by atoms with Gasteiger partial charge in [0, 0.05) is 37.9 Å². The van der Waals surface area contributed by atoms with Crippen molar-refractivity contribution < 1.29 is 13.2 Å². The molecular weight excluding hydrogens is 493 g/mol. The highest BCUT2D eigenvalue weighted by molar-refractivity contribution is 5.58. The third kappa shape index (κ3) is 4.34. The van der Waals surface area contributed by atoms with Crippen molar-refractivity contribution in [2.75, 3.05) is 6.54 Å². The molecule has 2 aliphatic rings. The van der Waals surface area contributed by atoms with Crippen LogP contribution in [-0.4, -0.2) is 41.2 Å². The van der Waals surface area contributed by atoms with Crippen LogP contribution in [0.4, 0.5) is 13.2 Å². The fourth-order valence-electron chi connectivity index (χ4n) is 6.05. The molecule has 6 rings (SSSR count). The molecule has 1 aliphatic heterocycles. The Hall–Kier alpha value is -3.40. The largest absolute Gasteiger partial charge is 0.418 e. The molecule has 4 heterocycles. The van der Waals surface area contributed by atoms with E-state index < -0.39 is 17.4 Å². The van der Waals surface area contributed by atoms with Gasteiger partial charge in [0.1, 0.15) is 12.2 Å². The summed E-state index contributed by atoms with van der Waals surface area (Å²) in [6.07, 6.45) is 5.32. The Morgan fingerprint density at radius 2 is 1.92 bits per heavy atom. The van der Waals surface area contributed by atoms with E-state index in [9.17, 15) is 18.0 Å². The number of aromatic nitrogens is 5. The first-order valence-electron chi connectivity index (χ1n) is 13.2. The first-order chi connectivity index (χ1) is 18.2. The molecule has 7 nitrogen and oxygen atoms in total. The van der Waals surface area contributed by atoms with Crippen molar-refractivity contribution in [3.63, 3.8) is 0 Å². The summed E-state index contributed by atoms with van der Waals surface area (Å²) in [7, 11) is 1.91. The molecule has 1 saturated carbocycles. The number of benzene rings is 1. The van der Waals surface area contributed by atoms with Crippen LogP contribution < -0.4 is 5.69 Å². The maximum Gasteiger partial charge on any atom is 0.418 e. The van der Waals surface area contributed by atoms with E-state index in [1.807, 2.05) is 29.8 Å². The highest BCUT2D eigenvalue weighted by Gasteiger charge is 2.36. The Labute approximate surface area is 218 Å². The number of likely N-dealkylation sites (tertiary alicyclic amines) is 1. The molecule has 1 aromatic carbocycles. The topological polar surface area (TPSA) is 60.4 Å². The van der Waals surface area contributed by atoms with Gasteiger partial charge in [0.2, 0.25) is 0 Å². The molecule has 0 N–H and O–H groups in total. The Morgan fingerprint density at radius 3 is 2.55 bits per heavy atom. The van der Waals surface area contributed by atoms with E-state index in [-0.39, 0.29) is 11.4 Å². The molecular formula is C28H31F3N6O. The van der Waals surface area contributed by atoms with Gasteiger partial charge >= 0.3 is 11.9 Å². The predicted octanol–water partition coefficient (Wildman–Crippen LogP) is 5.15. The Kier molecular flexibility index (Phi) is 6.17. The summed E-state index contributed by atoms with van der Waals surface area (Å²) in [6.45, 7) is 3.31. The standard InChI is InChI=1S/C28H31F3N6O/c1-18-6-5-11-35(18)14-19-12-23(28(29,30)31)24-16-36(27(38)37(24)15-19)22-10-4-9-21(13-22)25(20-7-3-8-20)26-33-32-17-34(26)2/h4,9-10,12-13,15-18,20,25H,3,5-8,11,14H2,1-2H3/t18-,25+/m1/s1. The Bertz CT molecular complexity index is 1530. The third-order valence-corrected chi connectivity index (χ3v) is 8.36. The van der Waals surface area contributed by atoms with Crippen LogP contribution in [0.15, 0.2) is 53.8 Å². The van der Waals surface area contributed by atoms with Crippen LogP contribution in [0.5, 0.6) is 0 Å². The summed E-state index contributed by atoms with van der Waals surface area (Å²) in [5.74, 6) is 1.26. The smallest absolute Gasteiger partial charge is 0.320 e. The lowest BCUT2D eigenvalue weighted by Gasteiger charge is -2.33. The van der Waals surface area contributed by atoms with Crippen LogP contribution in [0.25, 0.3) is 11.2 Å². The summed E-state index contributed by atoms with van der Waals surface area (Å²) >= 11 is 0. The first-order valence-corrected chi connectivity index (χ1v) is 13.2. The molecule has 0 radical (unpaired) electrons. The van der Waals surface area contributed by atoms with Gasteiger partial charge in [0.25, 0.3) is 0 Å². The number of rotatable bonds is 6. The monoisotopic (exact) mass is 524 g/mol. The van der Waals surface area contributed by atoms with Gasteiger partial charge in [-0.05, 0) is 74.4 Å². The van der Waals surface area contributed by atoms with Crippen LogP contribution in [0.2, 0.25) is 0 Å². The average Bonchev–Trinajstić information content (AvgIpc) is 3.55. The molecule has 10 heteroatoms. The zero-order valence-corrected chi connectivity index (χ0v) is 21.5. The number of halogens is 3. The van der Waals surface area contributed by atoms with Crippen LogP contribution >= 0.6 is 0 Å². The minimum absolute atomic E-state index is 0.00345. The van der Waals surface area contributed by atoms with Gasteiger partial charge in [-0.3, -0.25) is 13.9 Å². The summed E-state index contributed by atoms with van der Waals surface area (Å²) in [5, 5.41) is 8.42. The van der Waals surface area contributed by atoms with E-state index >= 15 is 0 Å². The SMILES string of the molecule is C[C@@H]1CCCN1Cc1cc(C(F)(F)F)c2cn(-c3cccc([C@@H](c4nncn4C)C4CCC4)c3)c(=O)n2c1. The van der Waals surface area contributed by atoms with Crippen LogP contribution in [0, 0.1) is 5.92 Å². The zero-order valence-electron chi connectivity index (χ0n) is 21.5. The van der Waals surface area contributed by atoms with Crippen molar-refractivity contribution in [2.45, 2.75) is 63.7 Å². The minimum Gasteiger partial charge on any atom is -0.320 e. The van der Waals surface area contributed by atoms with Gasteiger partial charge in [-0.15, -0.1) is 10.2 Å². The first kappa shape index (κ1) is 24.9. The van der Waals surface area contributed by atoms with Gasteiger partial charge in [0.15, 0.2) is 0 Å². The van der Waals surface area contributed by atoms with Gasteiger partial charge < -0.3 is 4.57 Å². The molecule has 4 aromatic rings. The quantitative estimate of drug-likeness (QED) is 0.350. The van der Waals surface area contributed by atoms with Gasteiger partial charge in [-0.2, -0.15) is 13.2 Å². The highest BCUT2D eigenvalue weighted by Crippen LogP contribution is 2.43. The van der Waals surface area contributed by atoms with Gasteiger partial charge in [-0.1, -0.05) is 18.6 Å². The van der Waals surface area contributed by atoms with Crippen molar-refractivity contribution in [3.8, 4) is 5.69 Å². The molecule has 2 atom stereocenters. The van der Waals surface area contributed by atoms with Crippen molar-refractivity contribution >= 4 is 5.52 Å². The molecule has 0 bridgehead atoms. The van der Waals surface area contributed by atoms with E-state index in [1.54, 1.807) is 18.6 Å². The minimum atomic E-state index is -4.58. The summed E-state index contributed by atoms with van der Waals surface area (Å²) in [5.41, 5.74) is 0.545. The summed E-state index contributed by atoms with van der Waals surface area (Å²) in [4.78, 5) is 15.7. The maximum atomic E-state index is 14.2. The lowest BCUT2D eigenvalue weighted by atomic mass is 9.72. The second-order valence-corrected chi connectivity index (χ2v) is 10.8. The highest BCUT2D eigenvalue weighted by atomic mass is 19.4. The van der Waals surface area contributed by atoms with E-state index in [4.69, 9.17) is 0 Å². The molecule has 1 aliphatic carbocycles. The third-order valence-electron chi connectivity index (χ3n) is 8.36. The Morgan fingerprint density at radius 1 is 1.11 bits per heavy atom. The summed E-state index contributed by atoms with van der Waals surface area (Å²) < 4.78 is 46.9.